The third-order valence-corrected chi connectivity index (χ3v) is 3.49. The van der Waals surface area contributed by atoms with Crippen LogP contribution in [0.4, 0.5) is 5.69 Å². The Bertz CT molecular complexity index is 706. The van der Waals surface area contributed by atoms with Crippen molar-refractivity contribution in [3.05, 3.63) is 51.4 Å². The Morgan fingerprint density at radius 3 is 2.45 bits per heavy atom. The number of benzene rings is 1. The van der Waals surface area contributed by atoms with Gasteiger partial charge in [-0.2, -0.15) is 0 Å². The normalized spacial score (nSPS) is 10.0. The van der Waals surface area contributed by atoms with Gasteiger partial charge in [0.1, 0.15) is 5.75 Å². The van der Waals surface area contributed by atoms with E-state index in [9.17, 15) is 19.7 Å². The van der Waals surface area contributed by atoms with Crippen molar-refractivity contribution in [2.45, 2.75) is 6.92 Å². The highest BCUT2D eigenvalue weighted by molar-refractivity contribution is 7.16. The molecule has 1 aromatic carbocycles. The fourth-order valence-corrected chi connectivity index (χ4v) is 2.35. The van der Waals surface area contributed by atoms with Gasteiger partial charge in [-0.05, 0) is 31.2 Å². The highest BCUT2D eigenvalue weighted by Gasteiger charge is 2.20. The van der Waals surface area contributed by atoms with Gasteiger partial charge in [0.05, 0.1) is 16.4 Å². The molecule has 0 unspecified atom stereocenters. The van der Waals surface area contributed by atoms with E-state index in [1.807, 2.05) is 0 Å². The molecule has 8 heteroatoms. The minimum absolute atomic E-state index is 0.0447. The molecule has 0 bridgehead atoms. The highest BCUT2D eigenvalue weighted by Crippen LogP contribution is 2.30. The molecule has 0 saturated carbocycles. The Hall–Kier alpha value is -2.74. The largest absolute Gasteiger partial charge is 0.460 e. The Balaban J connectivity index is 2.07. The van der Waals surface area contributed by atoms with Crippen molar-refractivity contribution in [1.29, 1.82) is 0 Å². The van der Waals surface area contributed by atoms with Gasteiger partial charge in [-0.3, -0.25) is 14.9 Å². The highest BCUT2D eigenvalue weighted by atomic mass is 32.1. The number of Topliss-reactive ketones (excluding diaryl/α,β-unsaturated/α-hetero) is 1. The van der Waals surface area contributed by atoms with Gasteiger partial charge in [0.15, 0.2) is 5.06 Å². The minimum atomic E-state index is -0.911. The molecule has 114 valence electrons. The smallest absolute Gasteiger partial charge is 0.380 e. The van der Waals surface area contributed by atoms with Crippen LogP contribution in [-0.4, -0.2) is 23.3 Å². The lowest BCUT2D eigenvalue weighted by Crippen LogP contribution is -2.16. The van der Waals surface area contributed by atoms with Crippen molar-refractivity contribution in [2.75, 3.05) is 6.61 Å². The van der Waals surface area contributed by atoms with Gasteiger partial charge in [0.25, 0.3) is 11.5 Å². The van der Waals surface area contributed by atoms with E-state index in [1.165, 1.54) is 30.3 Å². The second-order valence-electron chi connectivity index (χ2n) is 4.02. The fourth-order valence-electron chi connectivity index (χ4n) is 1.55. The van der Waals surface area contributed by atoms with Crippen LogP contribution in [0.25, 0.3) is 0 Å². The van der Waals surface area contributed by atoms with E-state index >= 15 is 0 Å². The lowest BCUT2D eigenvalue weighted by Gasteiger charge is -2.01. The molecule has 0 radical (unpaired) electrons. The van der Waals surface area contributed by atoms with Crippen molar-refractivity contribution < 1.29 is 24.0 Å². The first-order valence-electron chi connectivity index (χ1n) is 6.25. The quantitative estimate of drug-likeness (QED) is 0.266. The maximum atomic E-state index is 11.7. The second-order valence-corrected chi connectivity index (χ2v) is 5.07. The van der Waals surface area contributed by atoms with E-state index in [2.05, 4.69) is 4.74 Å². The van der Waals surface area contributed by atoms with Crippen LogP contribution < -0.4 is 4.74 Å². The summed E-state index contributed by atoms with van der Waals surface area (Å²) in [6.07, 6.45) is 0. The molecule has 0 atom stereocenters. The average Bonchev–Trinajstić information content (AvgIpc) is 2.95. The van der Waals surface area contributed by atoms with Crippen LogP contribution in [0.15, 0.2) is 36.4 Å². The molecule has 0 spiro atoms. The number of non-ortho nitro benzene ring substituents is 1. The molecule has 22 heavy (non-hydrogen) atoms. The van der Waals surface area contributed by atoms with Gasteiger partial charge in [-0.15, -0.1) is 0 Å². The number of nitro benzene ring substituents is 1. The van der Waals surface area contributed by atoms with E-state index < -0.39 is 16.7 Å². The first-order valence-corrected chi connectivity index (χ1v) is 7.06. The summed E-state index contributed by atoms with van der Waals surface area (Å²) in [5, 5.41) is 10.9. The molecule has 0 amide bonds. The molecule has 0 N–H and O–H groups in total. The number of hydrogen-bond acceptors (Lipinski definition) is 7. The number of thiophene rings is 1. The molecule has 1 aromatic heterocycles. The van der Waals surface area contributed by atoms with E-state index in [4.69, 9.17) is 4.74 Å². The second kappa shape index (κ2) is 6.81. The van der Waals surface area contributed by atoms with Gasteiger partial charge in [-0.1, -0.05) is 11.3 Å². The van der Waals surface area contributed by atoms with E-state index in [0.717, 1.165) is 11.3 Å². The summed E-state index contributed by atoms with van der Waals surface area (Å²) in [4.78, 5) is 33.3. The molecule has 0 fully saturated rings. The fraction of sp³-hybridized carbons (Fsp3) is 0.143. The number of nitrogens with zero attached hydrogens (tertiary/aromatic N) is 1. The zero-order valence-electron chi connectivity index (χ0n) is 11.5. The van der Waals surface area contributed by atoms with Crippen molar-refractivity contribution in [3.63, 3.8) is 0 Å². The molecule has 2 rings (SSSR count). The number of esters is 1. The van der Waals surface area contributed by atoms with Gasteiger partial charge in [0.2, 0.25) is 0 Å². The van der Waals surface area contributed by atoms with Crippen molar-refractivity contribution in [1.82, 2.24) is 0 Å². The molecule has 0 aliphatic carbocycles. The van der Waals surface area contributed by atoms with Crippen LogP contribution >= 0.6 is 11.3 Å². The van der Waals surface area contributed by atoms with Crippen LogP contribution in [0.3, 0.4) is 0 Å². The summed E-state index contributed by atoms with van der Waals surface area (Å²) in [6, 6.07) is 8.53. The lowest BCUT2D eigenvalue weighted by molar-refractivity contribution is -0.384. The number of carbonyl (C=O) groups is 2. The Labute approximate surface area is 129 Å². The summed E-state index contributed by atoms with van der Waals surface area (Å²) in [5.41, 5.74) is -0.0447. The zero-order chi connectivity index (χ0) is 16.1. The van der Waals surface area contributed by atoms with E-state index in [-0.39, 0.29) is 17.2 Å². The summed E-state index contributed by atoms with van der Waals surface area (Å²) < 4.78 is 10.1. The molecule has 0 saturated heterocycles. The summed E-state index contributed by atoms with van der Waals surface area (Å²) >= 11 is 0.994. The molecule has 0 aliphatic heterocycles. The minimum Gasteiger partial charge on any atom is -0.460 e. The number of ketones is 1. The lowest BCUT2D eigenvalue weighted by atomic mass is 10.3. The molecule has 2 aromatic rings. The predicted octanol–water partition coefficient (Wildman–Crippen LogP) is 3.19. The van der Waals surface area contributed by atoms with Crippen LogP contribution in [0, 0.1) is 10.1 Å². The first kappa shape index (κ1) is 15.6. The third-order valence-electron chi connectivity index (χ3n) is 2.53. The Morgan fingerprint density at radius 1 is 1.18 bits per heavy atom. The van der Waals surface area contributed by atoms with E-state index in [0.29, 0.717) is 10.8 Å². The Morgan fingerprint density at radius 2 is 1.86 bits per heavy atom. The van der Waals surface area contributed by atoms with E-state index in [1.54, 1.807) is 13.0 Å². The zero-order valence-corrected chi connectivity index (χ0v) is 12.3. The Kier molecular flexibility index (Phi) is 4.84. The maximum absolute atomic E-state index is 11.7. The number of carbonyl (C=O) groups excluding carboxylic acids is 2. The summed E-state index contributed by atoms with van der Waals surface area (Å²) in [5.74, 6) is -1.25. The standard InChI is InChI=1S/C14H11NO6S/c1-2-20-14(17)13(16)11-7-8-12(22-11)21-10-5-3-9(4-6-10)15(18)19/h3-8H,2H2,1H3. The number of hydrogen-bond donors (Lipinski definition) is 0. The van der Waals surface area contributed by atoms with Crippen LogP contribution in [0.2, 0.25) is 0 Å². The summed E-state index contributed by atoms with van der Waals surface area (Å²) in [7, 11) is 0. The van der Waals surface area contributed by atoms with Gasteiger partial charge < -0.3 is 9.47 Å². The molecular formula is C14H11NO6S. The molecule has 7 nitrogen and oxygen atoms in total. The SMILES string of the molecule is CCOC(=O)C(=O)c1ccc(Oc2ccc([N+](=O)[O-])cc2)s1. The maximum Gasteiger partial charge on any atom is 0.380 e. The van der Waals surface area contributed by atoms with Gasteiger partial charge >= 0.3 is 5.97 Å². The van der Waals surface area contributed by atoms with Gasteiger partial charge in [0, 0.05) is 12.1 Å². The van der Waals surface area contributed by atoms with Crippen molar-refractivity contribution in [3.8, 4) is 10.8 Å². The predicted molar refractivity (Wildman–Crippen MR) is 78.5 cm³/mol. The van der Waals surface area contributed by atoms with Crippen LogP contribution in [-0.2, 0) is 9.53 Å². The molecule has 0 aliphatic rings. The summed E-state index contributed by atoms with van der Waals surface area (Å²) in [6.45, 7) is 1.74. The van der Waals surface area contributed by atoms with Crippen molar-refractivity contribution >= 4 is 28.8 Å². The first-order chi connectivity index (χ1) is 10.5. The number of ether oxygens (including phenoxy) is 2. The van der Waals surface area contributed by atoms with Crippen LogP contribution in [0.5, 0.6) is 10.8 Å². The van der Waals surface area contributed by atoms with Crippen LogP contribution in [0.1, 0.15) is 16.6 Å². The topological polar surface area (TPSA) is 95.7 Å². The average molecular weight is 321 g/mol. The molecule has 1 heterocycles. The van der Waals surface area contributed by atoms with Gasteiger partial charge in [-0.25, -0.2) is 4.79 Å². The third kappa shape index (κ3) is 3.67. The number of nitro groups is 1. The van der Waals surface area contributed by atoms with Crippen molar-refractivity contribution in [2.24, 2.45) is 0 Å². The monoisotopic (exact) mass is 321 g/mol. The number of rotatable bonds is 6. The molecular weight excluding hydrogens is 310 g/mol.